The number of nitrogens with two attached hydrogens (primary N) is 1. The largest absolute Gasteiger partial charge is 0.493 e. The Morgan fingerprint density at radius 1 is 1.03 bits per heavy atom. The van der Waals surface area contributed by atoms with Crippen molar-refractivity contribution < 1.29 is 34.0 Å². The van der Waals surface area contributed by atoms with E-state index in [1.807, 2.05) is 4.90 Å². The van der Waals surface area contributed by atoms with Gasteiger partial charge in [0.2, 0.25) is 11.7 Å². The molecule has 2 saturated heterocycles. The summed E-state index contributed by atoms with van der Waals surface area (Å²) in [6, 6.07) is 1.39. The molecule has 11 nitrogen and oxygen atoms in total. The van der Waals surface area contributed by atoms with Gasteiger partial charge in [0.25, 0.3) is 5.91 Å². The van der Waals surface area contributed by atoms with E-state index in [9.17, 15) is 9.59 Å². The Kier molecular flexibility index (Phi) is 15.6. The van der Waals surface area contributed by atoms with Gasteiger partial charge in [0.15, 0.2) is 11.5 Å². The van der Waals surface area contributed by atoms with Crippen molar-refractivity contribution in [1.82, 2.24) is 15.1 Å². The van der Waals surface area contributed by atoms with Crippen molar-refractivity contribution in [3.63, 3.8) is 0 Å². The van der Waals surface area contributed by atoms with Crippen LogP contribution < -0.4 is 25.3 Å². The number of benzene rings is 1. The van der Waals surface area contributed by atoms with E-state index in [4.69, 9.17) is 24.7 Å². The van der Waals surface area contributed by atoms with Crippen LogP contribution in [-0.4, -0.2) is 100 Å². The first-order chi connectivity index (χ1) is 16.4. The number of ether oxygens (including phenoxy) is 4. The van der Waals surface area contributed by atoms with E-state index in [2.05, 4.69) is 10.2 Å². The zero-order chi connectivity index (χ0) is 24.7. The maximum atomic E-state index is 13.1. The number of piperidine rings is 1. The number of carbonyl (C=O) groups is 2. The second kappa shape index (κ2) is 16.6. The number of hydrogen-bond donors (Lipinski definition) is 2. The average molecular weight is 570 g/mol. The Morgan fingerprint density at radius 3 is 2.24 bits per heavy atom. The second-order valence-electron chi connectivity index (χ2n) is 8.74. The van der Waals surface area contributed by atoms with Crippen LogP contribution >= 0.6 is 24.8 Å². The van der Waals surface area contributed by atoms with Crippen LogP contribution in [0.5, 0.6) is 17.2 Å². The molecule has 37 heavy (non-hydrogen) atoms. The Labute approximate surface area is 231 Å². The van der Waals surface area contributed by atoms with Gasteiger partial charge < -0.3 is 45.3 Å². The quantitative estimate of drug-likeness (QED) is 0.404. The van der Waals surface area contributed by atoms with Gasteiger partial charge in [0.05, 0.1) is 44.7 Å². The fraction of sp³-hybridized carbons (Fsp3) is 0.667. The summed E-state index contributed by atoms with van der Waals surface area (Å²) in [7, 11) is 6.09. The van der Waals surface area contributed by atoms with E-state index in [0.717, 1.165) is 51.9 Å². The first kappa shape index (κ1) is 34.8. The lowest BCUT2D eigenvalue weighted by molar-refractivity contribution is -0.130. The highest BCUT2D eigenvalue weighted by atomic mass is 35.5. The van der Waals surface area contributed by atoms with Gasteiger partial charge in [-0.15, -0.1) is 24.8 Å². The Balaban J connectivity index is 0.00000432. The van der Waals surface area contributed by atoms with Gasteiger partial charge in [-0.25, -0.2) is 0 Å². The summed E-state index contributed by atoms with van der Waals surface area (Å²) in [5.41, 5.74) is 6.67. The molecule has 2 heterocycles. The molecule has 0 spiro atoms. The molecule has 2 fully saturated rings. The van der Waals surface area contributed by atoms with Crippen LogP contribution in [0.4, 0.5) is 5.69 Å². The molecule has 13 heteroatoms. The van der Waals surface area contributed by atoms with Crippen LogP contribution in [0.2, 0.25) is 0 Å². The molecule has 0 aliphatic carbocycles. The van der Waals surface area contributed by atoms with E-state index < -0.39 is 0 Å². The number of halogens is 2. The lowest BCUT2D eigenvalue weighted by atomic mass is 10.00. The minimum absolute atomic E-state index is 0. The van der Waals surface area contributed by atoms with Gasteiger partial charge >= 0.3 is 0 Å². The van der Waals surface area contributed by atoms with E-state index in [1.54, 1.807) is 13.2 Å². The van der Waals surface area contributed by atoms with E-state index in [0.29, 0.717) is 24.5 Å². The number of anilines is 1. The topological polar surface area (TPSA) is 147 Å². The molecule has 1 aromatic carbocycles. The third-order valence-corrected chi connectivity index (χ3v) is 6.70. The van der Waals surface area contributed by atoms with Gasteiger partial charge in [-0.3, -0.25) is 9.59 Å². The van der Waals surface area contributed by atoms with E-state index in [1.165, 1.54) is 21.3 Å². The molecular weight excluding hydrogens is 527 g/mol. The van der Waals surface area contributed by atoms with Gasteiger partial charge in [0, 0.05) is 39.7 Å². The number of likely N-dealkylation sites (tertiary alicyclic amines) is 2. The van der Waals surface area contributed by atoms with Gasteiger partial charge in [0.1, 0.15) is 0 Å². The normalized spacial score (nSPS) is 19.1. The predicted octanol–water partition coefficient (Wildman–Crippen LogP) is 1.54. The number of carbonyl (C=O) groups excluding carboxylic acids is 2. The number of amides is 2. The smallest absolute Gasteiger partial charge is 0.253 e. The molecule has 0 saturated carbocycles. The molecule has 214 valence electrons. The number of methoxy groups -OCH3 is 4. The van der Waals surface area contributed by atoms with E-state index in [-0.39, 0.29) is 71.3 Å². The summed E-state index contributed by atoms with van der Waals surface area (Å²) in [6.07, 6.45) is 4.19. The highest BCUT2D eigenvalue weighted by Gasteiger charge is 2.32. The molecule has 2 amide bonds. The Morgan fingerprint density at radius 2 is 1.68 bits per heavy atom. The second-order valence-corrected chi connectivity index (χ2v) is 8.74. The number of nitrogens with one attached hydrogen (secondary N) is 1. The summed E-state index contributed by atoms with van der Waals surface area (Å²) < 4.78 is 21.8. The molecule has 5 N–H and O–H groups in total. The van der Waals surface area contributed by atoms with Gasteiger partial charge in [-0.05, 0) is 38.3 Å². The van der Waals surface area contributed by atoms with Crippen LogP contribution in [0.25, 0.3) is 0 Å². The average Bonchev–Trinajstić information content (AvgIpc) is 3.39. The monoisotopic (exact) mass is 568 g/mol. The maximum absolute atomic E-state index is 13.1. The lowest BCUT2D eigenvalue weighted by Gasteiger charge is -2.38. The van der Waals surface area contributed by atoms with E-state index >= 15 is 0 Å². The standard InChI is InChI=1S/C24H38N4O6.2ClH.H2O/c1-31-18-14-16(21(25)23(34-4)22(18)33-3)24(30)26-17-9-13-27(15-19(17)32-2)10-7-8-20(29)28-11-5-6-12-28;;;/h14,17,19H,5-13,15,25H2,1-4H3,(H,26,30);2*1H;1H2. The summed E-state index contributed by atoms with van der Waals surface area (Å²) in [4.78, 5) is 29.7. The third-order valence-electron chi connectivity index (χ3n) is 6.70. The van der Waals surface area contributed by atoms with Gasteiger partial charge in [-0.1, -0.05) is 0 Å². The van der Waals surface area contributed by atoms with Crippen LogP contribution in [0.1, 0.15) is 42.5 Å². The molecule has 0 radical (unpaired) electrons. The highest BCUT2D eigenvalue weighted by Crippen LogP contribution is 2.43. The molecule has 2 aliphatic heterocycles. The summed E-state index contributed by atoms with van der Waals surface area (Å²) >= 11 is 0. The lowest BCUT2D eigenvalue weighted by Crippen LogP contribution is -2.55. The first-order valence-electron chi connectivity index (χ1n) is 11.9. The molecule has 3 rings (SSSR count). The SMILES string of the molecule is COc1cc(C(=O)NC2CCN(CCCC(=O)N3CCCC3)CC2OC)c(N)c(OC)c1OC.Cl.Cl.O. The fourth-order valence-corrected chi connectivity index (χ4v) is 4.78. The Hall–Kier alpha value is -2.18. The van der Waals surface area contributed by atoms with Crippen molar-refractivity contribution in [2.24, 2.45) is 0 Å². The first-order valence-corrected chi connectivity index (χ1v) is 11.9. The number of rotatable bonds is 10. The van der Waals surface area contributed by atoms with Crippen molar-refractivity contribution in [2.45, 2.75) is 44.2 Å². The van der Waals surface area contributed by atoms with Crippen LogP contribution in [0, 0.1) is 0 Å². The minimum Gasteiger partial charge on any atom is -0.493 e. The van der Waals surface area contributed by atoms with Gasteiger partial charge in [-0.2, -0.15) is 0 Å². The fourth-order valence-electron chi connectivity index (χ4n) is 4.78. The van der Waals surface area contributed by atoms with Crippen molar-refractivity contribution in [2.75, 3.05) is 66.9 Å². The van der Waals surface area contributed by atoms with Crippen LogP contribution in [0.3, 0.4) is 0 Å². The third kappa shape index (κ3) is 8.41. The summed E-state index contributed by atoms with van der Waals surface area (Å²) in [6.45, 7) is 4.12. The van der Waals surface area contributed by atoms with Crippen LogP contribution in [-0.2, 0) is 9.53 Å². The Bertz CT molecular complexity index is 872. The maximum Gasteiger partial charge on any atom is 0.253 e. The van der Waals surface area contributed by atoms with Crippen molar-refractivity contribution in [3.05, 3.63) is 11.6 Å². The highest BCUT2D eigenvalue weighted by molar-refractivity contribution is 6.02. The van der Waals surface area contributed by atoms with Crippen molar-refractivity contribution in [1.29, 1.82) is 0 Å². The molecule has 1 aromatic rings. The number of nitrogens with zero attached hydrogens (tertiary/aromatic N) is 2. The molecule has 0 bridgehead atoms. The van der Waals surface area contributed by atoms with Crippen LogP contribution in [0.15, 0.2) is 6.07 Å². The molecule has 2 unspecified atom stereocenters. The molecule has 0 aromatic heterocycles. The van der Waals surface area contributed by atoms with Crippen molar-refractivity contribution in [3.8, 4) is 17.2 Å². The molecule has 2 aliphatic rings. The van der Waals surface area contributed by atoms with Crippen molar-refractivity contribution >= 4 is 42.3 Å². The summed E-state index contributed by atoms with van der Waals surface area (Å²) in [5, 5.41) is 3.07. The minimum atomic E-state index is -0.325. The number of hydrogen-bond acceptors (Lipinski definition) is 8. The zero-order valence-electron chi connectivity index (χ0n) is 22.0. The molecular formula is C24H42Cl2N4O7. The summed E-state index contributed by atoms with van der Waals surface area (Å²) in [5.74, 6) is 0.888. The zero-order valence-corrected chi connectivity index (χ0v) is 23.7. The number of nitrogen functional groups attached to an aromatic ring is 1. The predicted molar refractivity (Wildman–Crippen MR) is 147 cm³/mol. The molecule has 2 atom stereocenters.